The fourth-order valence-electron chi connectivity index (χ4n) is 1.83. The van der Waals surface area contributed by atoms with E-state index < -0.39 is 18.2 Å². The normalized spacial score (nSPS) is 20.7. The van der Waals surface area contributed by atoms with E-state index in [1.165, 1.54) is 0 Å². The van der Waals surface area contributed by atoms with Gasteiger partial charge in [0, 0.05) is 19.0 Å². The first-order valence-corrected chi connectivity index (χ1v) is 6.04. The van der Waals surface area contributed by atoms with Crippen LogP contribution in [-0.4, -0.2) is 35.8 Å². The number of benzene rings is 1. The van der Waals surface area contributed by atoms with Crippen molar-refractivity contribution < 1.29 is 14.6 Å². The fourth-order valence-corrected chi connectivity index (χ4v) is 1.83. The van der Waals surface area contributed by atoms with E-state index in [0.717, 1.165) is 11.3 Å². The minimum Gasteiger partial charge on any atom is -0.480 e. The largest absolute Gasteiger partial charge is 0.480 e. The van der Waals surface area contributed by atoms with Crippen molar-refractivity contribution in [3.05, 3.63) is 29.8 Å². The summed E-state index contributed by atoms with van der Waals surface area (Å²) in [5, 5.41) is 11.9. The third-order valence-corrected chi connectivity index (χ3v) is 3.07. The van der Waals surface area contributed by atoms with Crippen molar-refractivity contribution in [2.24, 2.45) is 5.73 Å². The van der Waals surface area contributed by atoms with Gasteiger partial charge < -0.3 is 20.9 Å². The van der Waals surface area contributed by atoms with Gasteiger partial charge in [0.25, 0.3) is 5.91 Å². The first-order chi connectivity index (χ1) is 8.58. The van der Waals surface area contributed by atoms with Crippen molar-refractivity contribution in [2.45, 2.75) is 31.6 Å². The molecule has 1 aliphatic rings. The monoisotopic (exact) mass is 250 g/mol. The van der Waals surface area contributed by atoms with E-state index in [1.54, 1.807) is 6.92 Å². The van der Waals surface area contributed by atoms with Gasteiger partial charge in [0.2, 0.25) is 0 Å². The maximum atomic E-state index is 11.9. The number of rotatable bonds is 4. The molecule has 0 bridgehead atoms. The molecule has 0 aromatic heterocycles. The van der Waals surface area contributed by atoms with Gasteiger partial charge in [-0.05, 0) is 18.6 Å². The first kappa shape index (κ1) is 12.9. The predicted octanol–water partition coefficient (Wildman–Crippen LogP) is -0.186. The van der Waals surface area contributed by atoms with Gasteiger partial charge >= 0.3 is 0 Å². The molecule has 1 amide bonds. The molecule has 1 aromatic carbocycles. The average molecular weight is 250 g/mol. The number of nitrogens with one attached hydrogen (secondary N) is 1. The maximum Gasteiger partial charge on any atom is 0.261 e. The molecule has 3 atom stereocenters. The summed E-state index contributed by atoms with van der Waals surface area (Å²) >= 11 is 0. The number of hydrogen-bond acceptors (Lipinski definition) is 4. The number of hydrogen-bond donors (Lipinski definition) is 3. The summed E-state index contributed by atoms with van der Waals surface area (Å²) in [4.78, 5) is 11.9. The van der Waals surface area contributed by atoms with E-state index in [0.29, 0.717) is 6.42 Å². The molecule has 98 valence electrons. The second kappa shape index (κ2) is 5.37. The van der Waals surface area contributed by atoms with Gasteiger partial charge in [-0.25, -0.2) is 0 Å². The van der Waals surface area contributed by atoms with Gasteiger partial charge in [-0.2, -0.15) is 0 Å². The molecular formula is C13H18N2O3. The Hall–Kier alpha value is -1.59. The quantitative estimate of drug-likeness (QED) is 0.692. The molecule has 0 spiro atoms. The molecule has 3 unspecified atom stereocenters. The third kappa shape index (κ3) is 2.80. The van der Waals surface area contributed by atoms with Gasteiger partial charge in [0.15, 0.2) is 6.10 Å². The van der Waals surface area contributed by atoms with Gasteiger partial charge in [-0.1, -0.05) is 18.2 Å². The molecule has 1 aliphatic heterocycles. The van der Waals surface area contributed by atoms with Crippen molar-refractivity contribution in [1.29, 1.82) is 0 Å². The Morgan fingerprint density at radius 3 is 3.00 bits per heavy atom. The molecule has 2 rings (SSSR count). The Kier molecular flexibility index (Phi) is 3.84. The van der Waals surface area contributed by atoms with Crippen LogP contribution < -0.4 is 15.8 Å². The molecule has 0 aliphatic carbocycles. The van der Waals surface area contributed by atoms with Crippen LogP contribution in [0.5, 0.6) is 5.75 Å². The summed E-state index contributed by atoms with van der Waals surface area (Å²) in [5.41, 5.74) is 6.68. The topological polar surface area (TPSA) is 84.6 Å². The van der Waals surface area contributed by atoms with Crippen molar-refractivity contribution in [2.75, 3.05) is 6.54 Å². The summed E-state index contributed by atoms with van der Waals surface area (Å²) in [5.74, 6) is 0.569. The molecule has 5 heteroatoms. The van der Waals surface area contributed by atoms with E-state index in [4.69, 9.17) is 10.5 Å². The molecule has 0 radical (unpaired) electrons. The lowest BCUT2D eigenvalue weighted by molar-refractivity contribution is -0.127. The Labute approximate surface area is 106 Å². The molecule has 1 heterocycles. The average Bonchev–Trinajstić information content (AvgIpc) is 2.79. The second-order valence-corrected chi connectivity index (χ2v) is 4.57. The fraction of sp³-hybridized carbons (Fsp3) is 0.462. The molecule has 18 heavy (non-hydrogen) atoms. The van der Waals surface area contributed by atoms with Crippen LogP contribution in [0.2, 0.25) is 0 Å². The van der Waals surface area contributed by atoms with Crippen molar-refractivity contribution in [3.63, 3.8) is 0 Å². The van der Waals surface area contributed by atoms with Crippen molar-refractivity contribution >= 4 is 5.91 Å². The van der Waals surface area contributed by atoms with E-state index in [1.807, 2.05) is 24.3 Å². The molecule has 0 saturated carbocycles. The van der Waals surface area contributed by atoms with Crippen LogP contribution in [0.4, 0.5) is 0 Å². The van der Waals surface area contributed by atoms with Crippen LogP contribution >= 0.6 is 0 Å². The SMILES string of the molecule is CC(O)C(N)CNC(=O)C1Cc2ccccc2O1. The number of ether oxygens (including phenoxy) is 1. The number of carbonyl (C=O) groups is 1. The lowest BCUT2D eigenvalue weighted by Crippen LogP contribution is -2.47. The Bertz CT molecular complexity index is 409. The Morgan fingerprint density at radius 1 is 1.61 bits per heavy atom. The Morgan fingerprint density at radius 2 is 2.33 bits per heavy atom. The van der Waals surface area contributed by atoms with Crippen LogP contribution in [0.1, 0.15) is 12.5 Å². The van der Waals surface area contributed by atoms with Crippen molar-refractivity contribution in [3.8, 4) is 5.75 Å². The van der Waals surface area contributed by atoms with E-state index in [-0.39, 0.29) is 12.5 Å². The van der Waals surface area contributed by atoms with Crippen LogP contribution in [0.3, 0.4) is 0 Å². The highest BCUT2D eigenvalue weighted by Crippen LogP contribution is 2.27. The minimum atomic E-state index is -0.646. The maximum absolute atomic E-state index is 11.9. The standard InChI is InChI=1S/C13H18N2O3/c1-8(16)10(14)7-15-13(17)12-6-9-4-2-3-5-11(9)18-12/h2-5,8,10,12,16H,6-7,14H2,1H3,(H,15,17). The van der Waals surface area contributed by atoms with Gasteiger partial charge in [0.1, 0.15) is 5.75 Å². The highest BCUT2D eigenvalue weighted by Gasteiger charge is 2.28. The number of nitrogens with two attached hydrogens (primary N) is 1. The highest BCUT2D eigenvalue weighted by molar-refractivity contribution is 5.82. The molecule has 1 aromatic rings. The van der Waals surface area contributed by atoms with Gasteiger partial charge in [-0.3, -0.25) is 4.79 Å². The molecule has 0 fully saturated rings. The number of fused-ring (bicyclic) bond motifs is 1. The zero-order chi connectivity index (χ0) is 13.1. The van der Waals surface area contributed by atoms with Crippen LogP contribution in [-0.2, 0) is 11.2 Å². The van der Waals surface area contributed by atoms with E-state index in [9.17, 15) is 9.90 Å². The smallest absolute Gasteiger partial charge is 0.261 e. The summed E-state index contributed by atoms with van der Waals surface area (Å²) < 4.78 is 5.55. The van der Waals surface area contributed by atoms with Crippen LogP contribution in [0.25, 0.3) is 0 Å². The molecule has 5 nitrogen and oxygen atoms in total. The summed E-state index contributed by atoms with van der Waals surface area (Å²) in [6, 6.07) is 7.14. The van der Waals surface area contributed by atoms with Crippen molar-refractivity contribution in [1.82, 2.24) is 5.32 Å². The van der Waals surface area contributed by atoms with Crippen LogP contribution in [0.15, 0.2) is 24.3 Å². The minimum absolute atomic E-state index is 0.192. The number of amides is 1. The molecule has 0 saturated heterocycles. The summed E-state index contributed by atoms with van der Waals surface area (Å²) in [6.07, 6.45) is -0.568. The summed E-state index contributed by atoms with van der Waals surface area (Å²) in [6.45, 7) is 1.84. The number of carbonyl (C=O) groups excluding carboxylic acids is 1. The van der Waals surface area contributed by atoms with E-state index >= 15 is 0 Å². The number of aliphatic hydroxyl groups excluding tert-OH is 1. The highest BCUT2D eigenvalue weighted by atomic mass is 16.5. The lowest BCUT2D eigenvalue weighted by Gasteiger charge is -2.17. The zero-order valence-corrected chi connectivity index (χ0v) is 10.3. The van der Waals surface area contributed by atoms with Gasteiger partial charge in [0.05, 0.1) is 6.10 Å². The predicted molar refractivity (Wildman–Crippen MR) is 67.2 cm³/mol. The van der Waals surface area contributed by atoms with Crippen LogP contribution in [0, 0.1) is 0 Å². The third-order valence-electron chi connectivity index (χ3n) is 3.07. The lowest BCUT2D eigenvalue weighted by atomic mass is 10.1. The Balaban J connectivity index is 1.86. The van der Waals surface area contributed by atoms with Gasteiger partial charge in [-0.15, -0.1) is 0 Å². The second-order valence-electron chi connectivity index (χ2n) is 4.57. The molecule has 4 N–H and O–H groups in total. The number of para-hydroxylation sites is 1. The van der Waals surface area contributed by atoms with E-state index in [2.05, 4.69) is 5.32 Å². The first-order valence-electron chi connectivity index (χ1n) is 6.04. The summed E-state index contributed by atoms with van der Waals surface area (Å²) in [7, 11) is 0. The number of aliphatic hydroxyl groups is 1. The molecular weight excluding hydrogens is 232 g/mol. The zero-order valence-electron chi connectivity index (χ0n) is 10.3.